The fraction of sp³-hybridized carbons (Fsp3) is 0.125. The fourth-order valence-electron chi connectivity index (χ4n) is 2.27. The first-order valence-corrected chi connectivity index (χ1v) is 7.84. The summed E-state index contributed by atoms with van der Waals surface area (Å²) in [6.45, 7) is 1.24. The van der Waals surface area contributed by atoms with Crippen molar-refractivity contribution in [3.8, 4) is 17.0 Å². The van der Waals surface area contributed by atoms with Crippen LogP contribution in [0.4, 0.5) is 0 Å². The number of carbonyl (C=O) groups excluding carboxylic acids is 1. The molecule has 1 amide bonds. The summed E-state index contributed by atoms with van der Waals surface area (Å²) in [6.07, 6.45) is 0. The summed E-state index contributed by atoms with van der Waals surface area (Å²) in [7, 11) is 0. The number of nitrogens with zero attached hydrogens (tertiary/aromatic N) is 2. The van der Waals surface area contributed by atoms with Crippen LogP contribution < -0.4 is 5.32 Å². The second kappa shape index (κ2) is 6.25. The molecule has 3 N–H and O–H groups in total. The van der Waals surface area contributed by atoms with E-state index >= 15 is 0 Å². The summed E-state index contributed by atoms with van der Waals surface area (Å²) in [5, 5.41) is 22.0. The van der Waals surface area contributed by atoms with Crippen molar-refractivity contribution in [1.29, 1.82) is 0 Å². The lowest BCUT2D eigenvalue weighted by Gasteiger charge is -2.08. The van der Waals surface area contributed by atoms with Gasteiger partial charge in [-0.2, -0.15) is 0 Å². The van der Waals surface area contributed by atoms with Crippen molar-refractivity contribution in [1.82, 2.24) is 15.3 Å². The third kappa shape index (κ3) is 2.91. The Labute approximate surface area is 140 Å². The minimum absolute atomic E-state index is 0.216. The number of carbonyl (C=O) groups is 2. The van der Waals surface area contributed by atoms with E-state index in [1.165, 1.54) is 11.3 Å². The van der Waals surface area contributed by atoms with Crippen LogP contribution in [0.2, 0.25) is 0 Å². The topological polar surface area (TPSA) is 112 Å². The number of hydrogen-bond acceptors (Lipinski definition) is 6. The van der Waals surface area contributed by atoms with E-state index in [0.717, 1.165) is 10.6 Å². The number of pyridine rings is 1. The summed E-state index contributed by atoms with van der Waals surface area (Å²) in [5.41, 5.74) is 1.51. The molecule has 2 aromatic heterocycles. The van der Waals surface area contributed by atoms with E-state index in [9.17, 15) is 14.7 Å². The van der Waals surface area contributed by atoms with Crippen molar-refractivity contribution in [3.05, 3.63) is 41.0 Å². The van der Waals surface area contributed by atoms with Gasteiger partial charge in [0.25, 0.3) is 5.91 Å². The Kier molecular flexibility index (Phi) is 4.13. The van der Waals surface area contributed by atoms with E-state index in [1.54, 1.807) is 6.92 Å². The van der Waals surface area contributed by atoms with Crippen molar-refractivity contribution in [2.24, 2.45) is 0 Å². The molecule has 2 heterocycles. The van der Waals surface area contributed by atoms with Gasteiger partial charge in [0.15, 0.2) is 11.4 Å². The number of nitrogens with one attached hydrogen (secondary N) is 1. The first kappa shape index (κ1) is 15.9. The highest BCUT2D eigenvalue weighted by Crippen LogP contribution is 2.37. The molecule has 0 radical (unpaired) electrons. The Bertz CT molecular complexity index is 937. The van der Waals surface area contributed by atoms with Gasteiger partial charge in [-0.25, -0.2) is 9.97 Å². The van der Waals surface area contributed by atoms with Gasteiger partial charge in [0.1, 0.15) is 16.8 Å². The highest BCUT2D eigenvalue weighted by Gasteiger charge is 2.22. The number of benzene rings is 1. The molecule has 0 saturated heterocycles. The Morgan fingerprint density at radius 1 is 1.21 bits per heavy atom. The summed E-state index contributed by atoms with van der Waals surface area (Å²) in [4.78, 5) is 31.5. The van der Waals surface area contributed by atoms with Gasteiger partial charge in [0.2, 0.25) is 0 Å². The number of thiazole rings is 1. The molecule has 0 saturated carbocycles. The van der Waals surface area contributed by atoms with E-state index in [2.05, 4.69) is 15.3 Å². The molecule has 0 atom stereocenters. The predicted molar refractivity (Wildman–Crippen MR) is 89.2 cm³/mol. The number of aliphatic carboxylic acids is 1. The molecule has 0 bridgehead atoms. The van der Waals surface area contributed by atoms with Crippen LogP contribution in [0.3, 0.4) is 0 Å². The van der Waals surface area contributed by atoms with Crippen LogP contribution in [-0.2, 0) is 4.79 Å². The maximum absolute atomic E-state index is 12.2. The van der Waals surface area contributed by atoms with Crippen molar-refractivity contribution in [2.45, 2.75) is 6.92 Å². The molecule has 0 unspecified atom stereocenters. The highest BCUT2D eigenvalue weighted by atomic mass is 32.1. The van der Waals surface area contributed by atoms with Crippen molar-refractivity contribution < 1.29 is 19.8 Å². The summed E-state index contributed by atoms with van der Waals surface area (Å²) < 4.78 is 0.446. The van der Waals surface area contributed by atoms with E-state index in [0.29, 0.717) is 15.9 Å². The summed E-state index contributed by atoms with van der Waals surface area (Å²) in [5.74, 6) is -2.22. The van der Waals surface area contributed by atoms with Crippen LogP contribution in [0.5, 0.6) is 5.75 Å². The molecule has 8 heteroatoms. The molecule has 0 aliphatic rings. The maximum atomic E-state index is 12.2. The van der Waals surface area contributed by atoms with Crippen molar-refractivity contribution in [2.75, 3.05) is 6.54 Å². The highest BCUT2D eigenvalue weighted by molar-refractivity contribution is 7.19. The molecular weight excluding hydrogens is 330 g/mol. The van der Waals surface area contributed by atoms with Gasteiger partial charge in [-0.15, -0.1) is 11.3 Å². The minimum Gasteiger partial charge on any atom is -0.504 e. The molecule has 0 fully saturated rings. The normalized spacial score (nSPS) is 10.7. The maximum Gasteiger partial charge on any atom is 0.322 e. The molecule has 122 valence electrons. The summed E-state index contributed by atoms with van der Waals surface area (Å²) in [6, 6.07) is 9.17. The number of carboxylic acids is 1. The van der Waals surface area contributed by atoms with Gasteiger partial charge < -0.3 is 15.5 Å². The molecule has 7 nitrogen and oxygen atoms in total. The van der Waals surface area contributed by atoms with E-state index in [1.807, 2.05) is 30.3 Å². The molecular formula is C16H13N3O4S. The standard InChI is InChI=1S/C16H13N3O4S/c1-8-18-12-11(9-5-3-2-4-6-9)19-13(14(22)15(12)24-8)16(23)17-7-10(20)21/h2-6,22H,7H2,1H3,(H,17,23)(H,20,21). The van der Waals surface area contributed by atoms with E-state index in [-0.39, 0.29) is 11.4 Å². The zero-order valence-corrected chi connectivity index (χ0v) is 13.4. The fourth-order valence-corrected chi connectivity index (χ4v) is 3.13. The van der Waals surface area contributed by atoms with Gasteiger partial charge in [0, 0.05) is 5.56 Å². The molecule has 3 aromatic rings. The molecule has 3 rings (SSSR count). The average molecular weight is 343 g/mol. The Morgan fingerprint density at radius 3 is 2.58 bits per heavy atom. The lowest BCUT2D eigenvalue weighted by atomic mass is 10.1. The molecule has 0 aliphatic heterocycles. The zero-order chi connectivity index (χ0) is 17.3. The third-order valence-electron chi connectivity index (χ3n) is 3.28. The van der Waals surface area contributed by atoms with Gasteiger partial charge in [0.05, 0.1) is 10.7 Å². The van der Waals surface area contributed by atoms with Crippen LogP contribution in [0.1, 0.15) is 15.5 Å². The van der Waals surface area contributed by atoms with Gasteiger partial charge >= 0.3 is 5.97 Å². The third-order valence-corrected chi connectivity index (χ3v) is 4.26. The van der Waals surface area contributed by atoms with Crippen molar-refractivity contribution in [3.63, 3.8) is 0 Å². The zero-order valence-electron chi connectivity index (χ0n) is 12.6. The van der Waals surface area contributed by atoms with Crippen LogP contribution in [0.25, 0.3) is 21.5 Å². The van der Waals surface area contributed by atoms with Gasteiger partial charge in [-0.05, 0) is 6.92 Å². The lowest BCUT2D eigenvalue weighted by molar-refractivity contribution is -0.135. The summed E-state index contributed by atoms with van der Waals surface area (Å²) >= 11 is 1.25. The molecule has 1 aromatic carbocycles. The van der Waals surface area contributed by atoms with Crippen molar-refractivity contribution >= 4 is 33.4 Å². The first-order chi connectivity index (χ1) is 11.5. The Morgan fingerprint density at radius 2 is 1.92 bits per heavy atom. The SMILES string of the molecule is Cc1nc2c(-c3ccccc3)nc(C(=O)NCC(=O)O)c(O)c2s1. The Hall–Kier alpha value is -3.00. The number of aryl methyl sites for hydroxylation is 1. The molecule has 24 heavy (non-hydrogen) atoms. The number of amides is 1. The largest absolute Gasteiger partial charge is 0.504 e. The minimum atomic E-state index is -1.18. The lowest BCUT2D eigenvalue weighted by Crippen LogP contribution is -2.30. The van der Waals surface area contributed by atoms with Gasteiger partial charge in [-0.1, -0.05) is 30.3 Å². The number of aromatic hydroxyl groups is 1. The van der Waals surface area contributed by atoms with Crippen LogP contribution >= 0.6 is 11.3 Å². The first-order valence-electron chi connectivity index (χ1n) is 7.03. The average Bonchev–Trinajstić information content (AvgIpc) is 2.96. The molecule has 0 aliphatic carbocycles. The Balaban J connectivity index is 2.18. The number of fused-ring (bicyclic) bond motifs is 1. The van der Waals surface area contributed by atoms with Gasteiger partial charge in [-0.3, -0.25) is 9.59 Å². The second-order valence-corrected chi connectivity index (χ2v) is 6.21. The predicted octanol–water partition coefficient (Wildman–Crippen LogP) is 2.19. The quantitative estimate of drug-likeness (QED) is 0.669. The van der Waals surface area contributed by atoms with E-state index in [4.69, 9.17) is 5.11 Å². The number of hydrogen-bond donors (Lipinski definition) is 3. The smallest absolute Gasteiger partial charge is 0.322 e. The van der Waals surface area contributed by atoms with Crippen LogP contribution in [0, 0.1) is 6.92 Å². The van der Waals surface area contributed by atoms with Crippen LogP contribution in [0.15, 0.2) is 30.3 Å². The number of aromatic nitrogens is 2. The van der Waals surface area contributed by atoms with E-state index < -0.39 is 18.4 Å². The monoisotopic (exact) mass is 343 g/mol. The molecule has 0 spiro atoms. The van der Waals surface area contributed by atoms with Crippen LogP contribution in [-0.4, -0.2) is 38.6 Å². The second-order valence-electron chi connectivity index (χ2n) is 5.01. The number of rotatable bonds is 4. The number of carboxylic acid groups (broad SMARTS) is 1.